The van der Waals surface area contributed by atoms with Crippen LogP contribution in [-0.4, -0.2) is 32.7 Å². The quantitative estimate of drug-likeness (QED) is 0.863. The average Bonchev–Trinajstić information content (AvgIpc) is 2.95. The van der Waals surface area contributed by atoms with Crippen LogP contribution in [0.4, 0.5) is 21.9 Å². The lowest BCUT2D eigenvalue weighted by atomic mass is 10.1. The Bertz CT molecular complexity index is 851. The van der Waals surface area contributed by atoms with E-state index in [1.165, 1.54) is 7.11 Å². The molecule has 2 aromatic carbocycles. The van der Waals surface area contributed by atoms with Gasteiger partial charge in [0.15, 0.2) is 11.5 Å². The van der Waals surface area contributed by atoms with Gasteiger partial charge in [0.05, 0.1) is 20.6 Å². The number of nitrogens with one attached hydrogen (secondary N) is 2. The van der Waals surface area contributed by atoms with Crippen molar-refractivity contribution in [3.63, 3.8) is 0 Å². The molecule has 7 heteroatoms. The second kappa shape index (κ2) is 7.35. The lowest BCUT2D eigenvalue weighted by Gasteiger charge is -2.15. The summed E-state index contributed by atoms with van der Waals surface area (Å²) in [5, 5.41) is 5.53. The van der Waals surface area contributed by atoms with Crippen LogP contribution < -0.4 is 25.0 Å². The number of carbonyl (C=O) groups is 2. The number of nitrogens with zero attached hydrogens (tertiary/aromatic N) is 1. The molecule has 0 aliphatic carbocycles. The van der Waals surface area contributed by atoms with Gasteiger partial charge in [0, 0.05) is 29.7 Å². The van der Waals surface area contributed by atoms with Crippen LogP contribution in [0.15, 0.2) is 36.4 Å². The molecular weight excluding hydrogens is 334 g/mol. The number of hydrogen-bond donors (Lipinski definition) is 2. The van der Waals surface area contributed by atoms with E-state index in [0.29, 0.717) is 35.8 Å². The molecule has 3 amide bonds. The predicted molar refractivity (Wildman–Crippen MR) is 100 cm³/mol. The molecule has 0 saturated carbocycles. The molecule has 1 heterocycles. The zero-order valence-electron chi connectivity index (χ0n) is 15.0. The number of rotatable bonds is 5. The Kier molecular flexibility index (Phi) is 4.97. The first-order valence-corrected chi connectivity index (χ1v) is 8.29. The fraction of sp³-hybridized carbons (Fsp3) is 0.263. The number of urea groups is 1. The van der Waals surface area contributed by atoms with Crippen LogP contribution in [0, 0.1) is 0 Å². The van der Waals surface area contributed by atoms with Gasteiger partial charge in [0.1, 0.15) is 0 Å². The van der Waals surface area contributed by atoms with Gasteiger partial charge in [-0.15, -0.1) is 0 Å². The van der Waals surface area contributed by atoms with Crippen molar-refractivity contribution < 1.29 is 19.1 Å². The predicted octanol–water partition coefficient (Wildman–Crippen LogP) is 3.26. The molecule has 1 aliphatic rings. The van der Waals surface area contributed by atoms with Crippen LogP contribution in [0.5, 0.6) is 11.5 Å². The fourth-order valence-electron chi connectivity index (χ4n) is 3.01. The van der Waals surface area contributed by atoms with Crippen molar-refractivity contribution in [2.45, 2.75) is 13.3 Å². The average molecular weight is 355 g/mol. The maximum Gasteiger partial charge on any atom is 0.323 e. The SMILES string of the molecule is CCN1C(=O)Cc2cc(NC(=O)Nc3ccc(OC)c(OC)c3)ccc21. The van der Waals surface area contributed by atoms with Gasteiger partial charge in [-0.05, 0) is 42.8 Å². The van der Waals surface area contributed by atoms with E-state index >= 15 is 0 Å². The molecule has 0 saturated heterocycles. The number of amides is 3. The highest BCUT2D eigenvalue weighted by atomic mass is 16.5. The second-order valence-electron chi connectivity index (χ2n) is 5.81. The molecule has 2 N–H and O–H groups in total. The molecular formula is C19H21N3O4. The van der Waals surface area contributed by atoms with Crippen molar-refractivity contribution in [2.75, 3.05) is 36.3 Å². The number of fused-ring (bicyclic) bond motifs is 1. The minimum Gasteiger partial charge on any atom is -0.493 e. The van der Waals surface area contributed by atoms with Crippen molar-refractivity contribution in [3.8, 4) is 11.5 Å². The summed E-state index contributed by atoms with van der Waals surface area (Å²) in [7, 11) is 3.09. The summed E-state index contributed by atoms with van der Waals surface area (Å²) >= 11 is 0. The lowest BCUT2D eigenvalue weighted by molar-refractivity contribution is -0.117. The van der Waals surface area contributed by atoms with Crippen LogP contribution in [0.3, 0.4) is 0 Å². The molecule has 3 rings (SSSR count). The van der Waals surface area contributed by atoms with Crippen LogP contribution in [0.1, 0.15) is 12.5 Å². The lowest BCUT2D eigenvalue weighted by Crippen LogP contribution is -2.25. The number of ether oxygens (including phenoxy) is 2. The molecule has 0 unspecified atom stereocenters. The van der Waals surface area contributed by atoms with Gasteiger partial charge in [-0.3, -0.25) is 4.79 Å². The summed E-state index contributed by atoms with van der Waals surface area (Å²) in [6.45, 7) is 2.58. The fourth-order valence-corrected chi connectivity index (χ4v) is 3.01. The van der Waals surface area contributed by atoms with E-state index in [-0.39, 0.29) is 11.9 Å². The summed E-state index contributed by atoms with van der Waals surface area (Å²) in [6, 6.07) is 10.2. The zero-order valence-corrected chi connectivity index (χ0v) is 15.0. The van der Waals surface area contributed by atoms with E-state index < -0.39 is 0 Å². The normalized spacial score (nSPS) is 12.6. The highest BCUT2D eigenvalue weighted by Crippen LogP contribution is 2.32. The summed E-state index contributed by atoms with van der Waals surface area (Å²) in [5.41, 5.74) is 3.03. The zero-order chi connectivity index (χ0) is 18.7. The first kappa shape index (κ1) is 17.6. The van der Waals surface area contributed by atoms with Crippen LogP contribution in [0.2, 0.25) is 0 Å². The summed E-state index contributed by atoms with van der Waals surface area (Å²) in [4.78, 5) is 25.9. The molecule has 0 radical (unpaired) electrons. The maximum atomic E-state index is 12.2. The Balaban J connectivity index is 1.70. The van der Waals surface area contributed by atoms with E-state index in [2.05, 4.69) is 10.6 Å². The van der Waals surface area contributed by atoms with Crippen molar-refractivity contribution in [2.24, 2.45) is 0 Å². The Morgan fingerprint density at radius 1 is 1.04 bits per heavy atom. The molecule has 0 atom stereocenters. The van der Waals surface area contributed by atoms with Gasteiger partial charge >= 0.3 is 6.03 Å². The summed E-state index contributed by atoms with van der Waals surface area (Å²) in [5.74, 6) is 1.19. The third-order valence-corrected chi connectivity index (χ3v) is 4.23. The van der Waals surface area contributed by atoms with Gasteiger partial charge in [-0.25, -0.2) is 4.79 Å². The summed E-state index contributed by atoms with van der Waals surface area (Å²) < 4.78 is 10.4. The number of anilines is 3. The maximum absolute atomic E-state index is 12.2. The topological polar surface area (TPSA) is 79.9 Å². The molecule has 2 aromatic rings. The van der Waals surface area contributed by atoms with Gasteiger partial charge in [-0.2, -0.15) is 0 Å². The van der Waals surface area contributed by atoms with Gasteiger partial charge in [-0.1, -0.05) is 0 Å². The van der Waals surface area contributed by atoms with Crippen molar-refractivity contribution in [3.05, 3.63) is 42.0 Å². The Morgan fingerprint density at radius 3 is 2.35 bits per heavy atom. The highest BCUT2D eigenvalue weighted by molar-refractivity contribution is 6.03. The van der Waals surface area contributed by atoms with Crippen LogP contribution in [0.25, 0.3) is 0 Å². The van der Waals surface area contributed by atoms with Crippen molar-refractivity contribution >= 4 is 29.0 Å². The van der Waals surface area contributed by atoms with E-state index in [1.807, 2.05) is 19.1 Å². The Labute approximate surface area is 151 Å². The van der Waals surface area contributed by atoms with Gasteiger partial charge in [0.25, 0.3) is 0 Å². The van der Waals surface area contributed by atoms with Crippen LogP contribution in [-0.2, 0) is 11.2 Å². The first-order chi connectivity index (χ1) is 12.5. The molecule has 0 aromatic heterocycles. The number of carbonyl (C=O) groups excluding carboxylic acids is 2. The second-order valence-corrected chi connectivity index (χ2v) is 5.81. The highest BCUT2D eigenvalue weighted by Gasteiger charge is 2.26. The molecule has 7 nitrogen and oxygen atoms in total. The Morgan fingerprint density at radius 2 is 1.69 bits per heavy atom. The number of methoxy groups -OCH3 is 2. The van der Waals surface area contributed by atoms with Crippen molar-refractivity contribution in [1.29, 1.82) is 0 Å². The van der Waals surface area contributed by atoms with E-state index in [0.717, 1.165) is 11.3 Å². The number of benzene rings is 2. The molecule has 0 fully saturated rings. The molecule has 0 spiro atoms. The molecule has 136 valence electrons. The number of likely N-dealkylation sites (N-methyl/N-ethyl adjacent to an activating group) is 1. The van der Waals surface area contributed by atoms with E-state index in [4.69, 9.17) is 9.47 Å². The minimum atomic E-state index is -0.381. The van der Waals surface area contributed by atoms with Crippen LogP contribution >= 0.6 is 0 Å². The van der Waals surface area contributed by atoms with Gasteiger partial charge in [0.2, 0.25) is 5.91 Å². The third kappa shape index (κ3) is 3.42. The first-order valence-electron chi connectivity index (χ1n) is 8.29. The van der Waals surface area contributed by atoms with E-state index in [9.17, 15) is 9.59 Å². The third-order valence-electron chi connectivity index (χ3n) is 4.23. The monoisotopic (exact) mass is 355 g/mol. The summed E-state index contributed by atoms with van der Waals surface area (Å²) in [6.07, 6.45) is 0.357. The van der Waals surface area contributed by atoms with E-state index in [1.54, 1.807) is 36.3 Å². The standard InChI is InChI=1S/C19H21N3O4/c1-4-22-15-7-5-13(9-12(15)10-18(22)23)20-19(24)21-14-6-8-16(25-2)17(11-14)26-3/h5-9,11H,4,10H2,1-3H3,(H2,20,21,24). The molecule has 26 heavy (non-hydrogen) atoms. The van der Waals surface area contributed by atoms with Crippen molar-refractivity contribution in [1.82, 2.24) is 0 Å². The van der Waals surface area contributed by atoms with Gasteiger partial charge < -0.3 is 25.0 Å². The molecule has 1 aliphatic heterocycles. The minimum absolute atomic E-state index is 0.0782. The molecule has 0 bridgehead atoms. The largest absolute Gasteiger partial charge is 0.493 e. The Hall–Kier alpha value is -3.22. The number of hydrogen-bond acceptors (Lipinski definition) is 4. The smallest absolute Gasteiger partial charge is 0.323 e.